The van der Waals surface area contributed by atoms with Gasteiger partial charge in [0.25, 0.3) is 5.91 Å². The molecule has 0 aliphatic carbocycles. The summed E-state index contributed by atoms with van der Waals surface area (Å²) in [6.07, 6.45) is 2.70. The number of fused-ring (bicyclic) bond motifs is 1. The van der Waals surface area contributed by atoms with Crippen molar-refractivity contribution in [3.8, 4) is 0 Å². The average Bonchev–Trinajstić information content (AvgIpc) is 3.46. The summed E-state index contributed by atoms with van der Waals surface area (Å²) in [5.74, 6) is 4.84. The summed E-state index contributed by atoms with van der Waals surface area (Å²) < 4.78 is 12.3. The molecular formula is C37H38N6O6. The van der Waals surface area contributed by atoms with Crippen molar-refractivity contribution in [3.63, 3.8) is 0 Å². The highest BCUT2D eigenvalue weighted by atomic mass is 16.7. The second-order valence-corrected chi connectivity index (χ2v) is 11.4. The molecule has 4 aromatic carbocycles. The molecule has 0 bridgehead atoms. The van der Waals surface area contributed by atoms with Crippen molar-refractivity contribution in [2.75, 3.05) is 7.11 Å². The number of aryl methyl sites for hydroxylation is 3. The highest BCUT2D eigenvalue weighted by Gasteiger charge is 2.23. The summed E-state index contributed by atoms with van der Waals surface area (Å²) in [7, 11) is 3.23. The van der Waals surface area contributed by atoms with Crippen molar-refractivity contribution >= 4 is 35.2 Å². The predicted molar refractivity (Wildman–Crippen MR) is 184 cm³/mol. The third kappa shape index (κ3) is 9.52. The topological polar surface area (TPSA) is 159 Å². The van der Waals surface area contributed by atoms with Crippen molar-refractivity contribution in [1.29, 1.82) is 0 Å². The van der Waals surface area contributed by atoms with Crippen LogP contribution in [-0.4, -0.2) is 46.9 Å². The van der Waals surface area contributed by atoms with Crippen molar-refractivity contribution in [1.82, 2.24) is 20.2 Å². The van der Waals surface area contributed by atoms with Crippen LogP contribution in [0.1, 0.15) is 44.0 Å². The quantitative estimate of drug-likeness (QED) is 0.0889. The molecule has 1 aromatic heterocycles. The summed E-state index contributed by atoms with van der Waals surface area (Å²) in [4.78, 5) is 47.1. The second kappa shape index (κ2) is 16.7. The van der Waals surface area contributed by atoms with Gasteiger partial charge in [0.2, 0.25) is 0 Å². The van der Waals surface area contributed by atoms with Crippen LogP contribution in [0.4, 0.5) is 4.79 Å². The predicted octanol–water partition coefficient (Wildman–Crippen LogP) is 4.52. The number of hydrogen-bond donors (Lipinski definition) is 3. The number of alkyl carbamates (subject to hydrolysis) is 1. The molecule has 12 nitrogen and oxygen atoms in total. The number of methoxy groups -OCH3 is 1. The Hall–Kier alpha value is -6.01. The Bertz CT molecular complexity index is 1910. The zero-order chi connectivity index (χ0) is 34.6. The number of carbonyl (C=O) groups is 3. The van der Waals surface area contributed by atoms with Crippen LogP contribution in [0, 0.1) is 0 Å². The van der Waals surface area contributed by atoms with Gasteiger partial charge in [0.1, 0.15) is 18.5 Å². The second-order valence-electron chi connectivity index (χ2n) is 11.4. The Labute approximate surface area is 283 Å². The van der Waals surface area contributed by atoms with Crippen molar-refractivity contribution in [2.45, 2.75) is 38.5 Å². The number of esters is 1. The molecule has 0 fully saturated rings. The van der Waals surface area contributed by atoms with Gasteiger partial charge in [-0.1, -0.05) is 84.0 Å². The van der Waals surface area contributed by atoms with E-state index in [9.17, 15) is 14.4 Å². The molecule has 12 heteroatoms. The van der Waals surface area contributed by atoms with Crippen LogP contribution in [0.5, 0.6) is 0 Å². The van der Waals surface area contributed by atoms with Crippen LogP contribution in [0.15, 0.2) is 102 Å². The monoisotopic (exact) mass is 662 g/mol. The van der Waals surface area contributed by atoms with E-state index in [0.717, 1.165) is 45.6 Å². The largest absolute Gasteiger partial charge is 0.467 e. The van der Waals surface area contributed by atoms with Gasteiger partial charge in [0.15, 0.2) is 0 Å². The highest BCUT2D eigenvalue weighted by Crippen LogP contribution is 2.19. The first-order valence-corrected chi connectivity index (χ1v) is 15.7. The Kier molecular flexibility index (Phi) is 11.7. The minimum absolute atomic E-state index is 0.184. The fraction of sp³-hybridized carbons (Fsp3) is 0.216. The number of rotatable bonds is 14. The van der Waals surface area contributed by atoms with E-state index in [-0.39, 0.29) is 19.6 Å². The Morgan fingerprint density at radius 2 is 1.61 bits per heavy atom. The molecule has 0 aliphatic rings. The summed E-state index contributed by atoms with van der Waals surface area (Å²) in [6.45, 7) is 0.459. The smallest absolute Gasteiger partial charge is 0.407 e. The Balaban J connectivity index is 1.16. The maximum atomic E-state index is 13.3. The number of nitrogens with zero attached hydrogens (tertiary/aromatic N) is 3. The molecule has 1 unspecified atom stereocenters. The minimum atomic E-state index is -0.912. The van der Waals surface area contributed by atoms with Crippen LogP contribution in [0.2, 0.25) is 0 Å². The fourth-order valence-electron chi connectivity index (χ4n) is 5.29. The molecule has 0 saturated carbocycles. The van der Waals surface area contributed by atoms with E-state index in [2.05, 4.69) is 20.7 Å². The van der Waals surface area contributed by atoms with Gasteiger partial charge in [0, 0.05) is 32.0 Å². The van der Waals surface area contributed by atoms with Gasteiger partial charge >= 0.3 is 12.1 Å². The number of amides is 2. The standard InChI is InChI=1S/C37H38N6O6/c1-43-33-18-17-30(21-31(33)41-34(43)19-16-25-8-12-28(13-9-25)23-40-49-38)35(44)42-32(36(45)47-2)20-26-10-14-27(15-11-26)22-39-37(46)48-24-29-6-4-3-5-7-29/h3-15,17-18,21,23,32H,16,19-20,22,24,38H2,1-2H3,(H,39,46)(H,42,44). The van der Waals surface area contributed by atoms with Crippen molar-refractivity contribution in [3.05, 3.63) is 136 Å². The molecule has 0 aliphatic heterocycles. The molecule has 252 valence electrons. The Morgan fingerprint density at radius 1 is 0.898 bits per heavy atom. The van der Waals surface area contributed by atoms with Gasteiger partial charge in [-0.2, -0.15) is 0 Å². The van der Waals surface area contributed by atoms with Crippen LogP contribution in [0.25, 0.3) is 11.0 Å². The van der Waals surface area contributed by atoms with E-state index in [0.29, 0.717) is 17.5 Å². The first kappa shape index (κ1) is 34.3. The maximum Gasteiger partial charge on any atom is 0.407 e. The zero-order valence-corrected chi connectivity index (χ0v) is 27.3. The van der Waals surface area contributed by atoms with Crippen LogP contribution in [-0.2, 0) is 58.7 Å². The molecule has 5 aromatic rings. The van der Waals surface area contributed by atoms with Crippen LogP contribution < -0.4 is 16.5 Å². The number of nitrogens with one attached hydrogen (secondary N) is 2. The van der Waals surface area contributed by atoms with Gasteiger partial charge in [-0.25, -0.2) is 14.6 Å². The summed E-state index contributed by atoms with van der Waals surface area (Å²) in [6, 6.07) is 29.1. The molecular weight excluding hydrogens is 624 g/mol. The van der Waals surface area contributed by atoms with E-state index in [1.165, 1.54) is 13.3 Å². The third-order valence-corrected chi connectivity index (χ3v) is 8.02. The maximum absolute atomic E-state index is 13.3. The molecule has 49 heavy (non-hydrogen) atoms. The van der Waals surface area contributed by atoms with Crippen molar-refractivity contribution < 1.29 is 28.8 Å². The lowest BCUT2D eigenvalue weighted by Crippen LogP contribution is -2.43. The normalized spacial score (nSPS) is 11.7. The van der Waals surface area contributed by atoms with Gasteiger partial charge in [0.05, 0.1) is 24.4 Å². The summed E-state index contributed by atoms with van der Waals surface area (Å²) >= 11 is 0. The van der Waals surface area contributed by atoms with Gasteiger partial charge in [-0.05, 0) is 52.4 Å². The lowest BCUT2D eigenvalue weighted by molar-refractivity contribution is -0.142. The first-order chi connectivity index (χ1) is 23.8. The lowest BCUT2D eigenvalue weighted by Gasteiger charge is -2.17. The lowest BCUT2D eigenvalue weighted by atomic mass is 10.0. The number of oxime groups is 1. The number of nitrogens with two attached hydrogens (primary N) is 1. The number of ether oxygens (including phenoxy) is 2. The van der Waals surface area contributed by atoms with Crippen molar-refractivity contribution in [2.24, 2.45) is 18.1 Å². The molecule has 1 atom stereocenters. The number of imidazole rings is 1. The van der Waals surface area contributed by atoms with Gasteiger partial charge < -0.3 is 29.6 Å². The molecule has 2 amide bonds. The molecule has 0 spiro atoms. The number of hydrogen-bond acceptors (Lipinski definition) is 9. The van der Waals surface area contributed by atoms with E-state index < -0.39 is 24.0 Å². The number of benzene rings is 4. The first-order valence-electron chi connectivity index (χ1n) is 15.7. The van der Waals surface area contributed by atoms with E-state index in [1.807, 2.05) is 96.5 Å². The summed E-state index contributed by atoms with van der Waals surface area (Å²) in [5, 5.41) is 9.12. The number of aromatic nitrogens is 2. The Morgan fingerprint density at radius 3 is 2.33 bits per heavy atom. The van der Waals surface area contributed by atoms with E-state index in [4.69, 9.17) is 20.4 Å². The van der Waals surface area contributed by atoms with Crippen LogP contribution in [0.3, 0.4) is 0 Å². The molecule has 0 radical (unpaired) electrons. The SMILES string of the molecule is COC(=O)C(Cc1ccc(CNC(=O)OCc2ccccc2)cc1)NC(=O)c1ccc2c(c1)nc(CCc1ccc(C=NON)cc1)n2C. The minimum Gasteiger partial charge on any atom is -0.467 e. The number of carbonyl (C=O) groups excluding carboxylic acids is 3. The zero-order valence-electron chi connectivity index (χ0n) is 27.3. The van der Waals surface area contributed by atoms with E-state index in [1.54, 1.807) is 12.1 Å². The van der Waals surface area contributed by atoms with Crippen LogP contribution >= 0.6 is 0 Å². The molecule has 0 saturated heterocycles. The van der Waals surface area contributed by atoms with Gasteiger partial charge in [-0.3, -0.25) is 4.79 Å². The molecule has 1 heterocycles. The molecule has 5 rings (SSSR count). The summed E-state index contributed by atoms with van der Waals surface area (Å²) in [5.41, 5.74) is 6.52. The fourth-order valence-corrected chi connectivity index (χ4v) is 5.29. The average molecular weight is 663 g/mol. The molecule has 4 N–H and O–H groups in total. The highest BCUT2D eigenvalue weighted by molar-refractivity contribution is 5.99. The van der Waals surface area contributed by atoms with E-state index >= 15 is 0 Å². The third-order valence-electron chi connectivity index (χ3n) is 8.02. The van der Waals surface area contributed by atoms with Gasteiger partial charge in [-0.15, -0.1) is 5.90 Å².